The summed E-state index contributed by atoms with van der Waals surface area (Å²) in [6.07, 6.45) is 1.36. The van der Waals surface area contributed by atoms with Crippen LogP contribution in [0.1, 0.15) is 20.3 Å². The molecule has 0 radical (unpaired) electrons. The predicted molar refractivity (Wildman–Crippen MR) is 62.1 cm³/mol. The quantitative estimate of drug-likeness (QED) is 0.731. The van der Waals surface area contributed by atoms with Gasteiger partial charge < -0.3 is 15.4 Å². The molecule has 0 saturated carbocycles. The van der Waals surface area contributed by atoms with Crippen molar-refractivity contribution >= 4 is 5.91 Å². The Morgan fingerprint density at radius 2 is 2.25 bits per heavy atom. The minimum absolute atomic E-state index is 0.151. The van der Waals surface area contributed by atoms with Crippen LogP contribution >= 0.6 is 0 Å². The molecule has 16 heavy (non-hydrogen) atoms. The maximum absolute atomic E-state index is 11.9. The Hall–Kier alpha value is -0.610. The molecule has 4 atom stereocenters. The van der Waals surface area contributed by atoms with Crippen molar-refractivity contribution in [2.24, 2.45) is 17.8 Å². The number of rotatable bonds is 3. The number of amides is 1. The molecule has 2 aliphatic heterocycles. The average molecular weight is 226 g/mol. The van der Waals surface area contributed by atoms with Gasteiger partial charge in [-0.25, -0.2) is 0 Å². The largest absolute Gasteiger partial charge is 0.378 e. The maximum Gasteiger partial charge on any atom is 0.224 e. The van der Waals surface area contributed by atoms with Crippen molar-refractivity contribution in [1.29, 1.82) is 0 Å². The lowest BCUT2D eigenvalue weighted by molar-refractivity contribution is -0.125. The summed E-state index contributed by atoms with van der Waals surface area (Å²) in [6.45, 7) is 7.60. The smallest absolute Gasteiger partial charge is 0.224 e. The van der Waals surface area contributed by atoms with Crippen LogP contribution in [-0.2, 0) is 9.53 Å². The topological polar surface area (TPSA) is 50.4 Å². The molecular weight excluding hydrogens is 204 g/mol. The van der Waals surface area contributed by atoms with E-state index in [4.69, 9.17) is 4.74 Å². The highest BCUT2D eigenvalue weighted by atomic mass is 16.5. The molecule has 0 aliphatic carbocycles. The number of nitrogens with one attached hydrogen (secondary N) is 2. The lowest BCUT2D eigenvalue weighted by Crippen LogP contribution is -2.38. The normalized spacial score (nSPS) is 38.9. The van der Waals surface area contributed by atoms with E-state index in [9.17, 15) is 4.79 Å². The van der Waals surface area contributed by atoms with Gasteiger partial charge in [-0.05, 0) is 25.8 Å². The fourth-order valence-corrected chi connectivity index (χ4v) is 2.57. The molecular formula is C12H22N2O2. The van der Waals surface area contributed by atoms with Crippen LogP contribution < -0.4 is 10.6 Å². The van der Waals surface area contributed by atoms with Crippen molar-refractivity contribution in [1.82, 2.24) is 10.6 Å². The summed E-state index contributed by atoms with van der Waals surface area (Å²) < 4.78 is 5.48. The molecule has 2 rings (SSSR count). The summed E-state index contributed by atoms with van der Waals surface area (Å²) in [4.78, 5) is 11.9. The summed E-state index contributed by atoms with van der Waals surface area (Å²) in [5, 5.41) is 6.32. The van der Waals surface area contributed by atoms with E-state index in [-0.39, 0.29) is 11.8 Å². The number of hydrogen-bond donors (Lipinski definition) is 2. The maximum atomic E-state index is 11.9. The third-order valence-corrected chi connectivity index (χ3v) is 3.93. The Kier molecular flexibility index (Phi) is 3.82. The van der Waals surface area contributed by atoms with Crippen molar-refractivity contribution in [2.45, 2.75) is 26.4 Å². The number of ether oxygens (including phenoxy) is 1. The predicted octanol–water partition coefficient (Wildman–Crippen LogP) is 0.383. The molecule has 92 valence electrons. The van der Waals surface area contributed by atoms with E-state index in [2.05, 4.69) is 24.5 Å². The van der Waals surface area contributed by atoms with Gasteiger partial charge in [0, 0.05) is 25.6 Å². The molecule has 0 aromatic carbocycles. The minimum atomic E-state index is 0.151. The van der Waals surface area contributed by atoms with Gasteiger partial charge in [0.05, 0.1) is 12.0 Å². The third-order valence-electron chi connectivity index (χ3n) is 3.93. The molecule has 0 aromatic heterocycles. The van der Waals surface area contributed by atoms with Crippen LogP contribution in [0, 0.1) is 17.8 Å². The zero-order valence-electron chi connectivity index (χ0n) is 10.2. The van der Waals surface area contributed by atoms with E-state index in [1.807, 2.05) is 0 Å². The van der Waals surface area contributed by atoms with Crippen LogP contribution in [0.5, 0.6) is 0 Å². The van der Waals surface area contributed by atoms with Gasteiger partial charge in [0.25, 0.3) is 0 Å². The molecule has 0 bridgehead atoms. The molecule has 2 N–H and O–H groups in total. The Balaban J connectivity index is 1.75. The minimum Gasteiger partial charge on any atom is -0.378 e. The molecule has 4 heteroatoms. The van der Waals surface area contributed by atoms with Crippen LogP contribution in [0.3, 0.4) is 0 Å². The van der Waals surface area contributed by atoms with E-state index in [0.717, 1.165) is 32.7 Å². The summed E-state index contributed by atoms with van der Waals surface area (Å²) in [7, 11) is 0. The molecule has 0 spiro atoms. The summed E-state index contributed by atoms with van der Waals surface area (Å²) >= 11 is 0. The van der Waals surface area contributed by atoms with E-state index in [1.165, 1.54) is 0 Å². The van der Waals surface area contributed by atoms with Crippen LogP contribution in [0.15, 0.2) is 0 Å². The second-order valence-electron chi connectivity index (χ2n) is 5.11. The lowest BCUT2D eigenvalue weighted by Gasteiger charge is -2.18. The fourth-order valence-electron chi connectivity index (χ4n) is 2.57. The molecule has 2 aliphatic rings. The van der Waals surface area contributed by atoms with E-state index in [0.29, 0.717) is 17.9 Å². The Morgan fingerprint density at radius 3 is 2.81 bits per heavy atom. The first kappa shape index (κ1) is 11.9. The van der Waals surface area contributed by atoms with E-state index < -0.39 is 0 Å². The first-order valence-electron chi connectivity index (χ1n) is 6.28. The highest BCUT2D eigenvalue weighted by Crippen LogP contribution is 2.20. The van der Waals surface area contributed by atoms with Gasteiger partial charge in [0.15, 0.2) is 0 Å². The van der Waals surface area contributed by atoms with Crippen molar-refractivity contribution in [2.75, 3.05) is 26.2 Å². The number of hydrogen-bond acceptors (Lipinski definition) is 3. The average Bonchev–Trinajstić information content (AvgIpc) is 2.84. The van der Waals surface area contributed by atoms with Gasteiger partial charge in [-0.15, -0.1) is 0 Å². The van der Waals surface area contributed by atoms with Crippen molar-refractivity contribution in [3.05, 3.63) is 0 Å². The first-order valence-corrected chi connectivity index (χ1v) is 6.28. The second kappa shape index (κ2) is 5.15. The van der Waals surface area contributed by atoms with Gasteiger partial charge in [0.1, 0.15) is 0 Å². The summed E-state index contributed by atoms with van der Waals surface area (Å²) in [6, 6.07) is 0. The zero-order valence-corrected chi connectivity index (χ0v) is 10.2. The SMILES string of the molecule is CC1CNCC1C(=O)NCC1CCOC1C. The monoisotopic (exact) mass is 226 g/mol. The van der Waals surface area contributed by atoms with E-state index in [1.54, 1.807) is 0 Å². The number of carbonyl (C=O) groups excluding carboxylic acids is 1. The third kappa shape index (κ3) is 2.55. The molecule has 0 aromatic rings. The second-order valence-corrected chi connectivity index (χ2v) is 5.11. The van der Waals surface area contributed by atoms with Gasteiger partial charge in [-0.2, -0.15) is 0 Å². The van der Waals surface area contributed by atoms with Crippen molar-refractivity contribution in [3.63, 3.8) is 0 Å². The van der Waals surface area contributed by atoms with Crippen LogP contribution in [0.2, 0.25) is 0 Å². The van der Waals surface area contributed by atoms with Crippen LogP contribution in [-0.4, -0.2) is 38.3 Å². The standard InChI is InChI=1S/C12H22N2O2/c1-8-5-13-7-11(8)12(15)14-6-10-3-4-16-9(10)2/h8-11,13H,3-7H2,1-2H3,(H,14,15). The molecule has 2 fully saturated rings. The van der Waals surface area contributed by atoms with Gasteiger partial charge in [-0.3, -0.25) is 4.79 Å². The summed E-state index contributed by atoms with van der Waals surface area (Å²) in [5.41, 5.74) is 0. The Morgan fingerprint density at radius 1 is 1.44 bits per heavy atom. The van der Waals surface area contributed by atoms with Crippen LogP contribution in [0.25, 0.3) is 0 Å². The zero-order chi connectivity index (χ0) is 11.5. The van der Waals surface area contributed by atoms with Crippen molar-refractivity contribution in [3.8, 4) is 0 Å². The van der Waals surface area contributed by atoms with E-state index >= 15 is 0 Å². The fraction of sp³-hybridized carbons (Fsp3) is 0.917. The molecule has 4 nitrogen and oxygen atoms in total. The molecule has 2 saturated heterocycles. The number of carbonyl (C=O) groups is 1. The molecule has 4 unspecified atom stereocenters. The highest BCUT2D eigenvalue weighted by Gasteiger charge is 2.31. The van der Waals surface area contributed by atoms with Crippen LogP contribution in [0.4, 0.5) is 0 Å². The van der Waals surface area contributed by atoms with Crippen molar-refractivity contribution < 1.29 is 9.53 Å². The Labute approximate surface area is 97.1 Å². The summed E-state index contributed by atoms with van der Waals surface area (Å²) in [5.74, 6) is 1.31. The lowest BCUT2D eigenvalue weighted by atomic mass is 9.96. The molecule has 1 amide bonds. The first-order chi connectivity index (χ1) is 7.68. The Bertz CT molecular complexity index is 257. The van der Waals surface area contributed by atoms with Gasteiger partial charge in [0.2, 0.25) is 5.91 Å². The van der Waals surface area contributed by atoms with Gasteiger partial charge in [-0.1, -0.05) is 6.92 Å². The van der Waals surface area contributed by atoms with Gasteiger partial charge >= 0.3 is 0 Å². The molecule has 2 heterocycles. The highest BCUT2D eigenvalue weighted by molar-refractivity contribution is 5.79.